The number of hydrogen-bond acceptors (Lipinski definition) is 5. The van der Waals surface area contributed by atoms with Crippen LogP contribution >= 0.6 is 11.6 Å². The molecule has 6 atom stereocenters. The fourth-order valence-electron chi connectivity index (χ4n) is 5.04. The quantitative estimate of drug-likeness (QED) is 0.423. The number of amides is 1. The van der Waals surface area contributed by atoms with Crippen LogP contribution in [0.2, 0.25) is 0 Å². The largest absolute Gasteiger partial charge is 0.298 e. The summed E-state index contributed by atoms with van der Waals surface area (Å²) in [5.74, 6) is -1.53. The second-order valence-corrected chi connectivity index (χ2v) is 11.3. The molecule has 7 nitrogen and oxygen atoms in total. The van der Waals surface area contributed by atoms with Crippen LogP contribution in [-0.2, 0) is 14.8 Å². The summed E-state index contributed by atoms with van der Waals surface area (Å²) >= 11 is 6.26. The van der Waals surface area contributed by atoms with Gasteiger partial charge in [0.2, 0.25) is 15.9 Å². The van der Waals surface area contributed by atoms with E-state index in [2.05, 4.69) is 34.3 Å². The summed E-state index contributed by atoms with van der Waals surface area (Å²) in [5.41, 5.74) is 2.27. The molecule has 0 aromatic heterocycles. The molecule has 10 heteroatoms. The first-order valence-corrected chi connectivity index (χ1v) is 12.8. The van der Waals surface area contributed by atoms with E-state index in [1.165, 1.54) is 0 Å². The van der Waals surface area contributed by atoms with Gasteiger partial charge in [-0.3, -0.25) is 20.4 Å². The summed E-state index contributed by atoms with van der Waals surface area (Å²) in [6, 6.07) is 0.146. The minimum Gasteiger partial charge on any atom is -0.298 e. The average Bonchev–Trinajstić information content (AvgIpc) is 3.09. The Morgan fingerprint density at radius 1 is 1.24 bits per heavy atom. The highest BCUT2D eigenvalue weighted by molar-refractivity contribution is 7.90. The summed E-state index contributed by atoms with van der Waals surface area (Å²) in [6.45, 7) is 5.94. The molecule has 2 aliphatic carbocycles. The molecule has 1 amide bonds. The van der Waals surface area contributed by atoms with Crippen molar-refractivity contribution in [3.05, 3.63) is 0 Å². The van der Waals surface area contributed by atoms with Crippen LogP contribution in [0, 0.1) is 11.8 Å². The van der Waals surface area contributed by atoms with E-state index in [1.807, 2.05) is 0 Å². The molecular formula is C19H34ClFN4O3S. The van der Waals surface area contributed by atoms with Gasteiger partial charge in [-0.25, -0.2) is 12.8 Å². The number of sulfonamides is 1. The molecule has 168 valence electrons. The molecule has 1 saturated heterocycles. The summed E-state index contributed by atoms with van der Waals surface area (Å²) in [7, 11) is -3.65. The second-order valence-electron chi connectivity index (χ2n) is 8.73. The lowest BCUT2D eigenvalue weighted by Crippen LogP contribution is -2.53. The van der Waals surface area contributed by atoms with Crippen LogP contribution < -0.4 is 15.6 Å². The lowest BCUT2D eigenvalue weighted by Gasteiger charge is -2.37. The Morgan fingerprint density at radius 3 is 2.55 bits per heavy atom. The lowest BCUT2D eigenvalue weighted by atomic mass is 9.76. The van der Waals surface area contributed by atoms with Crippen LogP contribution in [0.3, 0.4) is 0 Å². The van der Waals surface area contributed by atoms with Crippen molar-refractivity contribution in [3.63, 3.8) is 0 Å². The number of likely N-dealkylation sites (N-methyl/N-ethyl adjacent to an activating group) is 1. The van der Waals surface area contributed by atoms with E-state index in [4.69, 9.17) is 11.6 Å². The normalized spacial score (nSPS) is 37.5. The van der Waals surface area contributed by atoms with Gasteiger partial charge in [-0.2, -0.15) is 0 Å². The van der Waals surface area contributed by atoms with Crippen molar-refractivity contribution in [2.45, 2.75) is 87.8 Å². The van der Waals surface area contributed by atoms with Crippen molar-refractivity contribution in [2.24, 2.45) is 11.8 Å². The van der Waals surface area contributed by atoms with Gasteiger partial charge in [-0.1, -0.05) is 26.2 Å². The van der Waals surface area contributed by atoms with Crippen molar-refractivity contribution in [1.82, 2.24) is 20.5 Å². The molecule has 2 saturated carbocycles. The Labute approximate surface area is 178 Å². The molecular weight excluding hydrogens is 419 g/mol. The van der Waals surface area contributed by atoms with Crippen LogP contribution in [0.4, 0.5) is 4.39 Å². The molecule has 3 aliphatic rings. The zero-order valence-electron chi connectivity index (χ0n) is 17.2. The topological polar surface area (TPSA) is 90.5 Å². The van der Waals surface area contributed by atoms with Crippen molar-refractivity contribution < 1.29 is 17.6 Å². The molecule has 0 aromatic rings. The Balaban J connectivity index is 1.59. The molecule has 0 spiro atoms. The third kappa shape index (κ3) is 5.42. The predicted molar refractivity (Wildman–Crippen MR) is 111 cm³/mol. The number of nitrogens with one attached hydrogen (secondary N) is 3. The Bertz CT molecular complexity index is 676. The standard InChI is InChI=1S/C19H34ClFN4O3S/c1-3-25-11-17(22-12(25)2)13-9-15(18(21)16(20)10-13)19(26)23-24-29(27,28)14-7-5-4-6-8-14/h12-18,22,24H,3-11H2,1-2H3,(H,23,26). The minimum absolute atomic E-state index is 0.0641. The van der Waals surface area contributed by atoms with Crippen LogP contribution in [-0.4, -0.2) is 61.3 Å². The van der Waals surface area contributed by atoms with Crippen LogP contribution in [0.5, 0.6) is 0 Å². The van der Waals surface area contributed by atoms with Crippen molar-refractivity contribution in [1.29, 1.82) is 0 Å². The molecule has 0 bridgehead atoms. The number of rotatable bonds is 6. The molecule has 29 heavy (non-hydrogen) atoms. The Kier molecular flexibility index (Phi) is 7.81. The van der Waals surface area contributed by atoms with Crippen LogP contribution in [0.25, 0.3) is 0 Å². The highest BCUT2D eigenvalue weighted by Crippen LogP contribution is 2.38. The number of carbonyl (C=O) groups is 1. The highest BCUT2D eigenvalue weighted by Gasteiger charge is 2.45. The van der Waals surface area contributed by atoms with Gasteiger partial charge in [0.15, 0.2) is 0 Å². The Morgan fingerprint density at radius 2 is 1.93 bits per heavy atom. The van der Waals surface area contributed by atoms with Gasteiger partial charge in [0.25, 0.3) is 0 Å². The van der Waals surface area contributed by atoms with Gasteiger partial charge < -0.3 is 0 Å². The zero-order chi connectivity index (χ0) is 21.2. The maximum Gasteiger partial charge on any atom is 0.241 e. The maximum absolute atomic E-state index is 14.7. The smallest absolute Gasteiger partial charge is 0.241 e. The molecule has 0 radical (unpaired) electrons. The molecule has 1 aliphatic heterocycles. The molecule has 3 rings (SSSR count). The summed E-state index contributed by atoms with van der Waals surface area (Å²) in [5, 5.41) is 2.26. The first kappa shape index (κ1) is 23.2. The zero-order valence-corrected chi connectivity index (χ0v) is 18.8. The molecule has 6 unspecified atom stereocenters. The van der Waals surface area contributed by atoms with Gasteiger partial charge in [0.1, 0.15) is 6.17 Å². The molecule has 3 N–H and O–H groups in total. The SMILES string of the molecule is CCN1CC(C2CC(Cl)C(F)C(C(=O)NNS(=O)(=O)C3CCCCC3)C2)NC1C. The summed E-state index contributed by atoms with van der Waals surface area (Å²) in [4.78, 5) is 17.2. The van der Waals surface area contributed by atoms with E-state index in [1.54, 1.807) is 0 Å². The van der Waals surface area contributed by atoms with Crippen LogP contribution in [0.15, 0.2) is 0 Å². The van der Waals surface area contributed by atoms with Crippen LogP contribution in [0.1, 0.15) is 58.8 Å². The fraction of sp³-hybridized carbons (Fsp3) is 0.947. The Hall–Kier alpha value is -0.480. The third-order valence-corrected chi connectivity index (χ3v) is 9.02. The van der Waals surface area contributed by atoms with Crippen molar-refractivity contribution in [3.8, 4) is 0 Å². The first-order chi connectivity index (χ1) is 13.7. The van der Waals surface area contributed by atoms with E-state index in [-0.39, 0.29) is 18.1 Å². The van der Waals surface area contributed by atoms with Crippen molar-refractivity contribution >= 4 is 27.5 Å². The number of carbonyl (C=O) groups excluding carboxylic acids is 1. The summed E-state index contributed by atoms with van der Waals surface area (Å²) in [6.07, 6.45) is 3.54. The molecule has 1 heterocycles. The number of nitrogens with zero attached hydrogens (tertiary/aromatic N) is 1. The molecule has 3 fully saturated rings. The van der Waals surface area contributed by atoms with E-state index < -0.39 is 38.6 Å². The van der Waals surface area contributed by atoms with Gasteiger partial charge in [-0.05, 0) is 45.1 Å². The average molecular weight is 453 g/mol. The number of hydrogen-bond donors (Lipinski definition) is 3. The van der Waals surface area contributed by atoms with Gasteiger partial charge in [0.05, 0.1) is 22.7 Å². The highest BCUT2D eigenvalue weighted by atomic mass is 35.5. The van der Waals surface area contributed by atoms with E-state index in [0.29, 0.717) is 25.7 Å². The van der Waals surface area contributed by atoms with Gasteiger partial charge in [-0.15, -0.1) is 16.4 Å². The van der Waals surface area contributed by atoms with E-state index in [9.17, 15) is 17.6 Å². The number of hydrazine groups is 1. The first-order valence-electron chi connectivity index (χ1n) is 10.8. The third-order valence-electron chi connectivity index (χ3n) is 6.87. The fourth-order valence-corrected chi connectivity index (χ4v) is 6.81. The van der Waals surface area contributed by atoms with Gasteiger partial charge >= 0.3 is 0 Å². The van der Waals surface area contributed by atoms with E-state index >= 15 is 0 Å². The molecule has 0 aromatic carbocycles. The maximum atomic E-state index is 14.7. The second kappa shape index (κ2) is 9.77. The van der Waals surface area contributed by atoms with Gasteiger partial charge in [0, 0.05) is 12.6 Å². The monoisotopic (exact) mass is 452 g/mol. The van der Waals surface area contributed by atoms with E-state index in [0.717, 1.165) is 32.4 Å². The minimum atomic E-state index is -3.65. The number of alkyl halides is 2. The lowest BCUT2D eigenvalue weighted by molar-refractivity contribution is -0.129. The predicted octanol–water partition coefficient (Wildman–Crippen LogP) is 1.88. The van der Waals surface area contributed by atoms with Crippen molar-refractivity contribution in [2.75, 3.05) is 13.1 Å². The number of halogens is 2. The summed E-state index contributed by atoms with van der Waals surface area (Å²) < 4.78 is 39.6.